The molecule has 0 aromatic carbocycles. The van der Waals surface area contributed by atoms with Gasteiger partial charge in [0.15, 0.2) is 0 Å². The number of rotatable bonds is 3. The minimum Gasteiger partial charge on any atom is -0.393 e. The molecule has 1 N–H and O–H groups in total. The van der Waals surface area contributed by atoms with Gasteiger partial charge < -0.3 is 14.5 Å². The number of likely N-dealkylation sites (tertiary alicyclic amines) is 1. The van der Waals surface area contributed by atoms with Crippen molar-refractivity contribution in [2.45, 2.75) is 51.7 Å². The Labute approximate surface area is 107 Å². The molecule has 0 saturated carbocycles. The van der Waals surface area contributed by atoms with Gasteiger partial charge in [-0.25, -0.2) is 0 Å². The van der Waals surface area contributed by atoms with Crippen LogP contribution in [0.3, 0.4) is 0 Å². The van der Waals surface area contributed by atoms with E-state index in [4.69, 9.17) is 4.52 Å². The average Bonchev–Trinajstić information content (AvgIpc) is 2.75. The van der Waals surface area contributed by atoms with Crippen molar-refractivity contribution in [2.24, 2.45) is 0 Å². The Kier molecular flexibility index (Phi) is 4.01. The lowest BCUT2D eigenvalue weighted by Gasteiger charge is -2.35. The largest absolute Gasteiger partial charge is 0.393 e. The second-order valence-corrected chi connectivity index (χ2v) is 5.07. The Hall–Kier alpha value is -1.36. The van der Waals surface area contributed by atoms with Crippen LogP contribution < -0.4 is 0 Å². The molecule has 1 amide bonds. The van der Waals surface area contributed by atoms with Crippen molar-refractivity contribution in [3.63, 3.8) is 0 Å². The van der Waals surface area contributed by atoms with Crippen LogP contribution in [0.1, 0.15) is 48.9 Å². The van der Waals surface area contributed by atoms with E-state index in [-0.39, 0.29) is 18.1 Å². The lowest BCUT2D eigenvalue weighted by atomic mass is 9.97. The summed E-state index contributed by atoms with van der Waals surface area (Å²) in [6.07, 6.45) is 3.30. The number of aliphatic hydroxyl groups excluding tert-OH is 1. The van der Waals surface area contributed by atoms with Crippen LogP contribution in [0.4, 0.5) is 0 Å². The number of carbonyl (C=O) groups is 1. The van der Waals surface area contributed by atoms with Gasteiger partial charge in [0.25, 0.3) is 5.91 Å². The van der Waals surface area contributed by atoms with E-state index in [1.165, 1.54) is 0 Å². The summed E-state index contributed by atoms with van der Waals surface area (Å²) in [5.41, 5.74) is 0.711. The zero-order chi connectivity index (χ0) is 13.1. The predicted octanol–water partition coefficient (Wildman–Crippen LogP) is 1.75. The Morgan fingerprint density at radius 3 is 3.06 bits per heavy atom. The third-order valence-corrected chi connectivity index (χ3v) is 3.34. The minimum absolute atomic E-state index is 0.108. The lowest BCUT2D eigenvalue weighted by molar-refractivity contribution is 0.0477. The number of hydrogen-bond donors (Lipinski definition) is 1. The van der Waals surface area contributed by atoms with E-state index in [0.29, 0.717) is 17.9 Å². The molecule has 1 fully saturated rings. The molecular weight excluding hydrogens is 232 g/mol. The topological polar surface area (TPSA) is 66.6 Å². The first-order valence-corrected chi connectivity index (χ1v) is 6.50. The van der Waals surface area contributed by atoms with Crippen LogP contribution in [-0.2, 0) is 0 Å². The van der Waals surface area contributed by atoms with Crippen molar-refractivity contribution < 1.29 is 14.4 Å². The summed E-state index contributed by atoms with van der Waals surface area (Å²) in [5, 5.41) is 13.3. The highest BCUT2D eigenvalue weighted by molar-refractivity contribution is 5.91. The summed E-state index contributed by atoms with van der Waals surface area (Å²) in [5.74, 6) is 0.186. The molecule has 100 valence electrons. The molecule has 2 heterocycles. The van der Waals surface area contributed by atoms with Crippen molar-refractivity contribution >= 4 is 5.91 Å². The maximum atomic E-state index is 12.3. The molecule has 1 aliphatic rings. The number of carbonyl (C=O) groups excluding carboxylic acids is 1. The summed E-state index contributed by atoms with van der Waals surface area (Å²) in [6, 6.07) is 1.77. The minimum atomic E-state index is -0.389. The molecule has 0 radical (unpaired) electrons. The quantitative estimate of drug-likeness (QED) is 0.890. The number of hydrogen-bond acceptors (Lipinski definition) is 4. The van der Waals surface area contributed by atoms with Gasteiger partial charge in [0, 0.05) is 18.7 Å². The first kappa shape index (κ1) is 13.1. The van der Waals surface area contributed by atoms with E-state index < -0.39 is 0 Å². The molecule has 0 spiro atoms. The number of aliphatic hydroxyl groups is 1. The van der Waals surface area contributed by atoms with Crippen LogP contribution in [0.25, 0.3) is 0 Å². The monoisotopic (exact) mass is 252 g/mol. The van der Waals surface area contributed by atoms with Crippen molar-refractivity contribution in [1.29, 1.82) is 0 Å². The Morgan fingerprint density at radius 1 is 1.67 bits per heavy atom. The summed E-state index contributed by atoms with van der Waals surface area (Å²) in [4.78, 5) is 14.1. The van der Waals surface area contributed by atoms with Gasteiger partial charge in [-0.3, -0.25) is 4.79 Å². The number of nitrogens with zero attached hydrogens (tertiary/aromatic N) is 2. The fraction of sp³-hybridized carbons (Fsp3) is 0.692. The van der Waals surface area contributed by atoms with E-state index in [9.17, 15) is 9.90 Å². The first-order valence-electron chi connectivity index (χ1n) is 6.50. The van der Waals surface area contributed by atoms with Crippen molar-refractivity contribution in [3.8, 4) is 0 Å². The molecule has 1 aliphatic heterocycles. The number of piperidine rings is 1. The van der Waals surface area contributed by atoms with Crippen LogP contribution in [-0.4, -0.2) is 39.8 Å². The highest BCUT2D eigenvalue weighted by Gasteiger charge is 2.30. The molecule has 2 unspecified atom stereocenters. The van der Waals surface area contributed by atoms with Crippen LogP contribution in [0.2, 0.25) is 0 Å². The number of amides is 1. The van der Waals surface area contributed by atoms with Gasteiger partial charge in [0.2, 0.25) is 5.76 Å². The highest BCUT2D eigenvalue weighted by Crippen LogP contribution is 2.23. The molecule has 2 atom stereocenters. The van der Waals surface area contributed by atoms with Gasteiger partial charge in [-0.05, 0) is 39.5 Å². The standard InChI is InChI=1S/C13H20N2O3/c1-9-7-12(18-14-9)13(17)15-6-4-3-5-11(15)8-10(2)16/h7,10-11,16H,3-6,8H2,1-2H3. The molecule has 1 aromatic heterocycles. The molecule has 18 heavy (non-hydrogen) atoms. The van der Waals surface area contributed by atoms with E-state index >= 15 is 0 Å². The average molecular weight is 252 g/mol. The maximum absolute atomic E-state index is 12.3. The Balaban J connectivity index is 2.10. The second-order valence-electron chi connectivity index (χ2n) is 5.07. The van der Waals surface area contributed by atoms with Gasteiger partial charge in [-0.2, -0.15) is 0 Å². The van der Waals surface area contributed by atoms with E-state index in [0.717, 1.165) is 25.8 Å². The van der Waals surface area contributed by atoms with Crippen LogP contribution >= 0.6 is 0 Å². The van der Waals surface area contributed by atoms with Crippen LogP contribution in [0.5, 0.6) is 0 Å². The summed E-state index contributed by atoms with van der Waals surface area (Å²) in [7, 11) is 0. The second kappa shape index (κ2) is 5.52. The number of aromatic nitrogens is 1. The van der Waals surface area contributed by atoms with Crippen molar-refractivity contribution in [2.75, 3.05) is 6.54 Å². The molecule has 5 nitrogen and oxygen atoms in total. The van der Waals surface area contributed by atoms with Gasteiger partial charge in [0.1, 0.15) is 0 Å². The first-order chi connectivity index (χ1) is 8.58. The Morgan fingerprint density at radius 2 is 2.44 bits per heavy atom. The van der Waals surface area contributed by atoms with Gasteiger partial charge in [-0.1, -0.05) is 5.16 Å². The molecule has 0 bridgehead atoms. The van der Waals surface area contributed by atoms with Crippen LogP contribution in [0, 0.1) is 6.92 Å². The van der Waals surface area contributed by atoms with Gasteiger partial charge in [0.05, 0.1) is 11.8 Å². The molecule has 1 aromatic rings. The molecule has 2 rings (SSSR count). The van der Waals surface area contributed by atoms with Crippen molar-refractivity contribution in [1.82, 2.24) is 10.1 Å². The normalized spacial score (nSPS) is 21.9. The zero-order valence-corrected chi connectivity index (χ0v) is 10.9. The fourth-order valence-corrected chi connectivity index (χ4v) is 2.51. The molecule has 1 saturated heterocycles. The molecule has 0 aliphatic carbocycles. The molecule has 5 heteroatoms. The predicted molar refractivity (Wildman–Crippen MR) is 66.2 cm³/mol. The third kappa shape index (κ3) is 2.90. The van der Waals surface area contributed by atoms with E-state index in [1.807, 2.05) is 4.90 Å². The van der Waals surface area contributed by atoms with E-state index in [2.05, 4.69) is 5.16 Å². The van der Waals surface area contributed by atoms with Crippen molar-refractivity contribution in [3.05, 3.63) is 17.5 Å². The maximum Gasteiger partial charge on any atom is 0.292 e. The fourth-order valence-electron chi connectivity index (χ4n) is 2.51. The number of aryl methyl sites for hydroxylation is 1. The summed E-state index contributed by atoms with van der Waals surface area (Å²) < 4.78 is 5.03. The smallest absolute Gasteiger partial charge is 0.292 e. The summed E-state index contributed by atoms with van der Waals surface area (Å²) >= 11 is 0. The lowest BCUT2D eigenvalue weighted by Crippen LogP contribution is -2.44. The third-order valence-electron chi connectivity index (χ3n) is 3.34. The SMILES string of the molecule is Cc1cc(C(=O)N2CCCCC2CC(C)O)on1. The molecular formula is C13H20N2O3. The summed E-state index contributed by atoms with van der Waals surface area (Å²) in [6.45, 7) is 4.29. The van der Waals surface area contributed by atoms with Crippen LogP contribution in [0.15, 0.2) is 10.6 Å². The Bertz CT molecular complexity index is 414. The van der Waals surface area contributed by atoms with Gasteiger partial charge >= 0.3 is 0 Å². The zero-order valence-electron chi connectivity index (χ0n) is 10.9. The van der Waals surface area contributed by atoms with E-state index in [1.54, 1.807) is 19.9 Å². The van der Waals surface area contributed by atoms with Gasteiger partial charge in [-0.15, -0.1) is 0 Å². The highest BCUT2D eigenvalue weighted by atomic mass is 16.5.